The van der Waals surface area contributed by atoms with Crippen molar-refractivity contribution < 1.29 is 19.2 Å². The monoisotopic (exact) mass is 386 g/mol. The summed E-state index contributed by atoms with van der Waals surface area (Å²) in [6.07, 6.45) is 9.37. The molecule has 3 amide bonds. The van der Waals surface area contributed by atoms with Crippen molar-refractivity contribution in [1.82, 2.24) is 10.2 Å². The van der Waals surface area contributed by atoms with E-state index in [1.807, 2.05) is 12.1 Å². The molecule has 0 aromatic heterocycles. The van der Waals surface area contributed by atoms with Crippen molar-refractivity contribution in [3.8, 4) is 5.75 Å². The third-order valence-corrected chi connectivity index (χ3v) is 6.82. The molecule has 2 saturated heterocycles. The molecule has 2 atom stereocenters. The molecule has 1 unspecified atom stereocenters. The molecule has 2 aliphatic heterocycles. The summed E-state index contributed by atoms with van der Waals surface area (Å²) in [5.41, 5.74) is 0.632. The van der Waals surface area contributed by atoms with Crippen LogP contribution >= 0.6 is 0 Å². The summed E-state index contributed by atoms with van der Waals surface area (Å²) in [5, 5.41) is 3.05. The normalized spacial score (nSPS) is 27.5. The van der Waals surface area contributed by atoms with Gasteiger partial charge in [-0.05, 0) is 56.4 Å². The number of nitrogens with zero attached hydrogens (tertiary/aromatic N) is 1. The molecule has 1 spiro atoms. The Morgan fingerprint density at radius 3 is 2.50 bits per heavy atom. The lowest BCUT2D eigenvalue weighted by Crippen LogP contribution is -3.13. The van der Waals surface area contributed by atoms with Gasteiger partial charge in [0.1, 0.15) is 17.3 Å². The molecule has 152 valence electrons. The van der Waals surface area contributed by atoms with Crippen LogP contribution in [0, 0.1) is 0 Å². The summed E-state index contributed by atoms with van der Waals surface area (Å²) in [4.78, 5) is 28.7. The number of amides is 3. The first-order chi connectivity index (χ1) is 13.6. The number of hydrogen-bond donors (Lipinski definition) is 2. The highest BCUT2D eigenvalue weighted by atomic mass is 16.5. The van der Waals surface area contributed by atoms with Gasteiger partial charge in [0.05, 0.1) is 13.7 Å². The van der Waals surface area contributed by atoms with E-state index in [4.69, 9.17) is 4.74 Å². The topological polar surface area (TPSA) is 63.1 Å². The van der Waals surface area contributed by atoms with Crippen LogP contribution in [0.25, 0.3) is 0 Å². The van der Waals surface area contributed by atoms with Crippen molar-refractivity contribution in [3.05, 3.63) is 29.8 Å². The molecule has 1 aromatic rings. The van der Waals surface area contributed by atoms with Crippen molar-refractivity contribution in [2.24, 2.45) is 0 Å². The molecule has 4 rings (SSSR count). The molecular weight excluding hydrogens is 354 g/mol. The number of nitrogens with one attached hydrogen (secondary N) is 2. The molecule has 28 heavy (non-hydrogen) atoms. The molecule has 1 aliphatic carbocycles. The second kappa shape index (κ2) is 8.11. The first-order valence-corrected chi connectivity index (χ1v) is 10.8. The lowest BCUT2D eigenvalue weighted by Gasteiger charge is -2.32. The molecule has 6 heteroatoms. The highest BCUT2D eigenvalue weighted by molar-refractivity contribution is 6.06. The Kier molecular flexibility index (Phi) is 5.58. The standard InChI is InChI=1S/C22H31N3O3/c1-28-18-11-9-17(10-12-18)19-8-4-2-7-15-24(19)16-25-20(26)22(23-21(25)27)13-5-3-6-14-22/h9-12,19H,2-8,13-16H2,1H3,(H,23,27)/p+1/t19-/m0/s1. The first kappa shape index (κ1) is 19.2. The van der Waals surface area contributed by atoms with E-state index in [1.165, 1.54) is 28.2 Å². The summed E-state index contributed by atoms with van der Waals surface area (Å²) >= 11 is 0. The van der Waals surface area contributed by atoms with Gasteiger partial charge in [-0.25, -0.2) is 9.69 Å². The van der Waals surface area contributed by atoms with Gasteiger partial charge in [-0.15, -0.1) is 0 Å². The zero-order chi connectivity index (χ0) is 19.6. The maximum absolute atomic E-state index is 13.2. The maximum Gasteiger partial charge on any atom is 0.329 e. The molecule has 1 saturated carbocycles. The molecule has 3 aliphatic rings. The molecule has 2 N–H and O–H groups in total. The number of quaternary nitrogens is 1. The Labute approximate surface area is 167 Å². The Bertz CT molecular complexity index is 712. The molecule has 0 bridgehead atoms. The van der Waals surface area contributed by atoms with Crippen molar-refractivity contribution in [2.75, 3.05) is 20.3 Å². The number of hydrogen-bond acceptors (Lipinski definition) is 3. The number of urea groups is 1. The van der Waals surface area contributed by atoms with Crippen LogP contribution in [0.4, 0.5) is 4.79 Å². The van der Waals surface area contributed by atoms with Crippen LogP contribution in [0.2, 0.25) is 0 Å². The minimum atomic E-state index is -0.629. The lowest BCUT2D eigenvalue weighted by atomic mass is 9.82. The molecule has 0 radical (unpaired) electrons. The van der Waals surface area contributed by atoms with Gasteiger partial charge < -0.3 is 15.0 Å². The zero-order valence-electron chi connectivity index (χ0n) is 16.8. The number of methoxy groups -OCH3 is 1. The van der Waals surface area contributed by atoms with Crippen LogP contribution in [-0.4, -0.2) is 42.7 Å². The third-order valence-electron chi connectivity index (χ3n) is 6.82. The van der Waals surface area contributed by atoms with Crippen LogP contribution in [-0.2, 0) is 4.79 Å². The van der Waals surface area contributed by atoms with E-state index in [0.717, 1.165) is 57.2 Å². The predicted octanol–water partition coefficient (Wildman–Crippen LogP) is 2.41. The van der Waals surface area contributed by atoms with E-state index in [-0.39, 0.29) is 11.9 Å². The number of carbonyl (C=O) groups is 2. The fourth-order valence-corrected chi connectivity index (χ4v) is 5.20. The first-order valence-electron chi connectivity index (χ1n) is 10.8. The van der Waals surface area contributed by atoms with Crippen molar-refractivity contribution in [2.45, 2.75) is 69.4 Å². The summed E-state index contributed by atoms with van der Waals surface area (Å²) in [6.45, 7) is 1.45. The minimum absolute atomic E-state index is 0.00225. The third kappa shape index (κ3) is 3.62. The molecule has 1 aromatic carbocycles. The van der Waals surface area contributed by atoms with Gasteiger partial charge in [0, 0.05) is 12.0 Å². The van der Waals surface area contributed by atoms with Crippen LogP contribution in [0.5, 0.6) is 5.75 Å². The van der Waals surface area contributed by atoms with E-state index >= 15 is 0 Å². The molecule has 6 nitrogen and oxygen atoms in total. The van der Waals surface area contributed by atoms with Crippen molar-refractivity contribution >= 4 is 11.9 Å². The SMILES string of the molecule is COc1ccc([C@@H]2CCCCC[NH+]2CN2C(=O)NC3(CCCCC3)C2=O)cc1. The summed E-state index contributed by atoms with van der Waals surface area (Å²) in [5.74, 6) is 0.856. The van der Waals surface area contributed by atoms with Gasteiger partial charge in [-0.1, -0.05) is 19.3 Å². The van der Waals surface area contributed by atoms with E-state index in [9.17, 15) is 9.59 Å². The number of carbonyl (C=O) groups excluding carboxylic acids is 2. The Balaban J connectivity index is 1.53. The second-order valence-corrected chi connectivity index (χ2v) is 8.55. The average Bonchev–Trinajstić information content (AvgIpc) is 2.88. The Morgan fingerprint density at radius 1 is 1.07 bits per heavy atom. The van der Waals surface area contributed by atoms with Gasteiger partial charge in [-0.3, -0.25) is 4.79 Å². The van der Waals surface area contributed by atoms with Gasteiger partial charge in [0.15, 0.2) is 6.67 Å². The van der Waals surface area contributed by atoms with E-state index in [1.54, 1.807) is 7.11 Å². The van der Waals surface area contributed by atoms with Gasteiger partial charge in [0.2, 0.25) is 0 Å². The highest BCUT2D eigenvalue weighted by Crippen LogP contribution is 2.33. The van der Waals surface area contributed by atoms with E-state index in [0.29, 0.717) is 12.7 Å². The highest BCUT2D eigenvalue weighted by Gasteiger charge is 2.52. The fraction of sp³-hybridized carbons (Fsp3) is 0.636. The summed E-state index contributed by atoms with van der Waals surface area (Å²) < 4.78 is 5.29. The number of imide groups is 1. The van der Waals surface area contributed by atoms with Crippen LogP contribution in [0.1, 0.15) is 69.4 Å². The molecular formula is C22H32N3O3+. The van der Waals surface area contributed by atoms with Gasteiger partial charge >= 0.3 is 6.03 Å². The average molecular weight is 387 g/mol. The smallest absolute Gasteiger partial charge is 0.329 e. The molecule has 2 heterocycles. The van der Waals surface area contributed by atoms with Crippen LogP contribution < -0.4 is 15.0 Å². The Hall–Kier alpha value is -2.08. The number of benzene rings is 1. The lowest BCUT2D eigenvalue weighted by molar-refractivity contribution is -0.938. The number of rotatable bonds is 4. The largest absolute Gasteiger partial charge is 0.497 e. The van der Waals surface area contributed by atoms with Gasteiger partial charge in [-0.2, -0.15) is 0 Å². The van der Waals surface area contributed by atoms with Crippen molar-refractivity contribution in [3.63, 3.8) is 0 Å². The van der Waals surface area contributed by atoms with Crippen LogP contribution in [0.3, 0.4) is 0 Å². The Morgan fingerprint density at radius 2 is 1.79 bits per heavy atom. The van der Waals surface area contributed by atoms with E-state index < -0.39 is 5.54 Å². The quantitative estimate of drug-likeness (QED) is 0.781. The minimum Gasteiger partial charge on any atom is -0.497 e. The zero-order valence-corrected chi connectivity index (χ0v) is 16.8. The number of likely N-dealkylation sites (tertiary alicyclic amines) is 1. The molecule has 3 fully saturated rings. The second-order valence-electron chi connectivity index (χ2n) is 8.55. The van der Waals surface area contributed by atoms with Crippen LogP contribution in [0.15, 0.2) is 24.3 Å². The van der Waals surface area contributed by atoms with E-state index in [2.05, 4.69) is 17.4 Å². The summed E-state index contributed by atoms with van der Waals surface area (Å²) in [7, 11) is 1.68. The summed E-state index contributed by atoms with van der Waals surface area (Å²) in [6, 6.07) is 8.37. The predicted molar refractivity (Wildman–Crippen MR) is 106 cm³/mol. The number of ether oxygens (including phenoxy) is 1. The fourth-order valence-electron chi connectivity index (χ4n) is 5.20. The van der Waals surface area contributed by atoms with Gasteiger partial charge in [0.25, 0.3) is 5.91 Å². The maximum atomic E-state index is 13.2. The van der Waals surface area contributed by atoms with Crippen molar-refractivity contribution in [1.29, 1.82) is 0 Å².